The van der Waals surface area contributed by atoms with Crippen molar-refractivity contribution in [2.45, 2.75) is 6.42 Å². The fraction of sp³-hybridized carbons (Fsp3) is 0.125. The highest BCUT2D eigenvalue weighted by Gasteiger charge is 2.15. The molecule has 9 heteroatoms. The Hall–Kier alpha value is -2.64. The normalized spacial score (nSPS) is 11.2. The molecular formula is C16H15Cl2N5O2. The summed E-state index contributed by atoms with van der Waals surface area (Å²) < 4.78 is 0. The van der Waals surface area contributed by atoms with Gasteiger partial charge in [-0.3, -0.25) is 9.59 Å². The number of hydrogen-bond donors (Lipinski definition) is 3. The van der Waals surface area contributed by atoms with Crippen molar-refractivity contribution >= 4 is 40.6 Å². The number of carbonyl (C=O) groups is 2. The molecule has 0 bridgehead atoms. The molecule has 1 heterocycles. The minimum Gasteiger partial charge on any atom is -0.404 e. The first-order chi connectivity index (χ1) is 11.9. The van der Waals surface area contributed by atoms with E-state index in [0.717, 1.165) is 17.3 Å². The third-order valence-electron chi connectivity index (χ3n) is 3.19. The molecule has 130 valence electrons. The average Bonchev–Trinajstić information content (AvgIpc) is 2.57. The lowest BCUT2D eigenvalue weighted by molar-refractivity contribution is -0.121. The number of aromatic nitrogens is 2. The highest BCUT2D eigenvalue weighted by atomic mass is 35.5. The largest absolute Gasteiger partial charge is 0.404 e. The van der Waals surface area contributed by atoms with Crippen molar-refractivity contribution in [3.63, 3.8) is 0 Å². The lowest BCUT2D eigenvalue weighted by Gasteiger charge is -2.08. The minimum absolute atomic E-state index is 0.0392. The van der Waals surface area contributed by atoms with Gasteiger partial charge in [0.05, 0.1) is 12.1 Å². The average molecular weight is 380 g/mol. The first-order valence-corrected chi connectivity index (χ1v) is 7.90. The summed E-state index contributed by atoms with van der Waals surface area (Å²) >= 11 is 12.0. The molecule has 0 aliphatic heterocycles. The topological polar surface area (TPSA) is 124 Å². The number of amides is 2. The maximum Gasteiger partial charge on any atom is 0.257 e. The van der Waals surface area contributed by atoms with Crippen LogP contribution in [0.2, 0.25) is 10.0 Å². The van der Waals surface area contributed by atoms with Crippen LogP contribution in [0.5, 0.6) is 0 Å². The Kier molecular flexibility index (Phi) is 6.32. The van der Waals surface area contributed by atoms with Gasteiger partial charge in [0.15, 0.2) is 5.82 Å². The van der Waals surface area contributed by atoms with E-state index in [1.54, 1.807) is 24.5 Å². The van der Waals surface area contributed by atoms with Gasteiger partial charge in [0.2, 0.25) is 5.91 Å². The van der Waals surface area contributed by atoms with Crippen LogP contribution in [0.25, 0.3) is 5.57 Å². The van der Waals surface area contributed by atoms with E-state index in [0.29, 0.717) is 16.5 Å². The number of halogens is 2. The first kappa shape index (κ1) is 18.7. The second-order valence-corrected chi connectivity index (χ2v) is 5.90. The number of nitrogens with two attached hydrogens (primary N) is 2. The van der Waals surface area contributed by atoms with E-state index < -0.39 is 11.8 Å². The SMILES string of the molecule is N/C=C(/C(=O)NCC(N)=O)c1ncc(Cc2ccc(Cl)cc2Cl)cn1. The number of nitrogens with one attached hydrogen (secondary N) is 1. The van der Waals surface area contributed by atoms with Crippen LogP contribution in [0, 0.1) is 0 Å². The molecule has 2 rings (SSSR count). The Morgan fingerprint density at radius 1 is 1.20 bits per heavy atom. The molecule has 0 saturated carbocycles. The Morgan fingerprint density at radius 3 is 2.44 bits per heavy atom. The van der Waals surface area contributed by atoms with E-state index >= 15 is 0 Å². The molecule has 1 aromatic heterocycles. The van der Waals surface area contributed by atoms with Crippen molar-refractivity contribution in [3.8, 4) is 0 Å². The van der Waals surface area contributed by atoms with Crippen molar-refractivity contribution in [1.82, 2.24) is 15.3 Å². The van der Waals surface area contributed by atoms with Crippen LogP contribution in [0.1, 0.15) is 17.0 Å². The van der Waals surface area contributed by atoms with Gasteiger partial charge in [-0.25, -0.2) is 9.97 Å². The molecule has 0 fully saturated rings. The molecule has 25 heavy (non-hydrogen) atoms. The number of hydrogen-bond acceptors (Lipinski definition) is 5. The summed E-state index contributed by atoms with van der Waals surface area (Å²) in [6.45, 7) is -0.302. The lowest BCUT2D eigenvalue weighted by atomic mass is 10.1. The Bertz CT molecular complexity index is 822. The number of primary amides is 1. The highest BCUT2D eigenvalue weighted by molar-refractivity contribution is 6.35. The lowest BCUT2D eigenvalue weighted by Crippen LogP contribution is -2.34. The highest BCUT2D eigenvalue weighted by Crippen LogP contribution is 2.23. The van der Waals surface area contributed by atoms with E-state index in [-0.39, 0.29) is 17.9 Å². The third kappa shape index (κ3) is 5.17. The van der Waals surface area contributed by atoms with Crippen LogP contribution >= 0.6 is 23.2 Å². The Balaban J connectivity index is 2.12. The molecule has 0 radical (unpaired) electrons. The minimum atomic E-state index is -0.666. The van der Waals surface area contributed by atoms with Crippen molar-refractivity contribution in [2.24, 2.45) is 11.5 Å². The second kappa shape index (κ2) is 8.46. The van der Waals surface area contributed by atoms with Crippen molar-refractivity contribution in [3.05, 3.63) is 63.8 Å². The predicted molar refractivity (Wildman–Crippen MR) is 95.7 cm³/mol. The van der Waals surface area contributed by atoms with E-state index in [2.05, 4.69) is 15.3 Å². The van der Waals surface area contributed by atoms with E-state index in [4.69, 9.17) is 34.7 Å². The number of nitrogens with zero attached hydrogens (tertiary/aromatic N) is 2. The van der Waals surface area contributed by atoms with Gasteiger partial charge in [0, 0.05) is 35.1 Å². The summed E-state index contributed by atoms with van der Waals surface area (Å²) in [5.41, 5.74) is 12.1. The zero-order valence-electron chi connectivity index (χ0n) is 13.0. The maximum absolute atomic E-state index is 12.0. The van der Waals surface area contributed by atoms with Crippen LogP contribution in [-0.4, -0.2) is 28.3 Å². The monoisotopic (exact) mass is 379 g/mol. The molecule has 7 nitrogen and oxygen atoms in total. The zero-order valence-corrected chi connectivity index (χ0v) is 14.5. The summed E-state index contributed by atoms with van der Waals surface area (Å²) in [7, 11) is 0. The van der Waals surface area contributed by atoms with Gasteiger partial charge in [0.1, 0.15) is 0 Å². The summed E-state index contributed by atoms with van der Waals surface area (Å²) in [6, 6.07) is 5.23. The van der Waals surface area contributed by atoms with Crippen LogP contribution in [0.4, 0.5) is 0 Å². The molecule has 2 amide bonds. The van der Waals surface area contributed by atoms with E-state index in [1.165, 1.54) is 0 Å². The maximum atomic E-state index is 12.0. The van der Waals surface area contributed by atoms with Crippen molar-refractivity contribution in [2.75, 3.05) is 6.54 Å². The van der Waals surface area contributed by atoms with Crippen molar-refractivity contribution < 1.29 is 9.59 Å². The fourth-order valence-corrected chi connectivity index (χ4v) is 2.46. The quantitative estimate of drug-likeness (QED) is 0.651. The van der Waals surface area contributed by atoms with Crippen LogP contribution in [-0.2, 0) is 16.0 Å². The van der Waals surface area contributed by atoms with E-state index in [1.807, 2.05) is 6.07 Å². The van der Waals surface area contributed by atoms with Gasteiger partial charge < -0.3 is 16.8 Å². The van der Waals surface area contributed by atoms with Gasteiger partial charge in [0.25, 0.3) is 5.91 Å². The third-order valence-corrected chi connectivity index (χ3v) is 3.78. The second-order valence-electron chi connectivity index (χ2n) is 5.06. The van der Waals surface area contributed by atoms with Gasteiger partial charge in [-0.1, -0.05) is 29.3 Å². The molecule has 0 unspecified atom stereocenters. The summed E-state index contributed by atoms with van der Waals surface area (Å²) in [6.07, 6.45) is 4.71. The molecular weight excluding hydrogens is 365 g/mol. The van der Waals surface area contributed by atoms with Gasteiger partial charge in [-0.2, -0.15) is 0 Å². The van der Waals surface area contributed by atoms with Crippen LogP contribution < -0.4 is 16.8 Å². The molecule has 0 atom stereocenters. The smallest absolute Gasteiger partial charge is 0.257 e. The van der Waals surface area contributed by atoms with Gasteiger partial charge in [-0.15, -0.1) is 0 Å². The van der Waals surface area contributed by atoms with Crippen LogP contribution in [0.15, 0.2) is 36.8 Å². The Morgan fingerprint density at radius 2 is 1.88 bits per heavy atom. The van der Waals surface area contributed by atoms with E-state index in [9.17, 15) is 9.59 Å². The molecule has 0 aliphatic rings. The molecule has 0 aliphatic carbocycles. The summed E-state index contributed by atoms with van der Waals surface area (Å²) in [5, 5.41) is 3.43. The van der Waals surface area contributed by atoms with Gasteiger partial charge in [-0.05, 0) is 23.3 Å². The first-order valence-electron chi connectivity index (χ1n) is 7.14. The number of rotatable bonds is 6. The molecule has 5 N–H and O–H groups in total. The Labute approximate surface area is 154 Å². The summed E-state index contributed by atoms with van der Waals surface area (Å²) in [4.78, 5) is 31.0. The molecule has 1 aromatic carbocycles. The van der Waals surface area contributed by atoms with Crippen LogP contribution in [0.3, 0.4) is 0 Å². The molecule has 0 saturated heterocycles. The van der Waals surface area contributed by atoms with Crippen molar-refractivity contribution in [1.29, 1.82) is 0 Å². The fourth-order valence-electron chi connectivity index (χ4n) is 1.98. The standard InChI is InChI=1S/C16H15Cl2N5O2/c17-11-2-1-10(13(18)4-11)3-9-6-21-15(22-7-9)12(5-19)16(25)23-8-14(20)24/h1-2,4-7H,3,8,19H2,(H2,20,24)(H,23,25)/b12-5+. The van der Waals surface area contributed by atoms with Gasteiger partial charge >= 0.3 is 0 Å². The molecule has 2 aromatic rings. The summed E-state index contributed by atoms with van der Waals surface area (Å²) in [5.74, 6) is -1.12. The number of benzene rings is 1. The zero-order chi connectivity index (χ0) is 18.4. The predicted octanol–water partition coefficient (Wildman–Crippen LogP) is 1.28. The molecule has 0 spiro atoms. The number of carbonyl (C=O) groups excluding carboxylic acids is 2.